The molecule has 0 radical (unpaired) electrons. The lowest BCUT2D eigenvalue weighted by Gasteiger charge is -2.12. The van der Waals surface area contributed by atoms with Crippen molar-refractivity contribution in [1.82, 2.24) is 9.88 Å². The zero-order valence-corrected chi connectivity index (χ0v) is 14.8. The number of carbonyl (C=O) groups excluding carboxylic acids is 2. The first-order valence-electron chi connectivity index (χ1n) is 8.53. The van der Waals surface area contributed by atoms with Gasteiger partial charge in [-0.15, -0.1) is 0 Å². The Bertz CT molecular complexity index is 943. The van der Waals surface area contributed by atoms with Crippen molar-refractivity contribution in [1.29, 1.82) is 0 Å². The number of para-hydroxylation sites is 1. The molecule has 1 aromatic heterocycles. The van der Waals surface area contributed by atoms with E-state index >= 15 is 0 Å². The molecule has 0 saturated heterocycles. The molecule has 0 fully saturated rings. The third kappa shape index (κ3) is 3.28. The van der Waals surface area contributed by atoms with Crippen LogP contribution in [0.2, 0.25) is 0 Å². The van der Waals surface area contributed by atoms with Gasteiger partial charge in [0.2, 0.25) is 5.91 Å². The van der Waals surface area contributed by atoms with Crippen molar-refractivity contribution < 1.29 is 9.59 Å². The van der Waals surface area contributed by atoms with E-state index in [1.165, 1.54) is 17.8 Å². The highest BCUT2D eigenvalue weighted by Gasteiger charge is 2.17. The maximum absolute atomic E-state index is 12.2. The van der Waals surface area contributed by atoms with Crippen LogP contribution in [0.4, 0.5) is 5.69 Å². The van der Waals surface area contributed by atoms with Crippen LogP contribution in [-0.2, 0) is 16.1 Å². The standard InChI is InChI=1S/C20H23N3O2/c1-4-23-18-8-6-5-7-15(18)16-11-14(9-10-19(16)23)22-20(25)12-17(21-3)13(2)24/h5-11,17,21H,4,12H2,1-3H3,(H,22,25)/t17-/m0/s1. The van der Waals surface area contributed by atoms with Gasteiger partial charge in [0.05, 0.1) is 6.04 Å². The highest BCUT2D eigenvalue weighted by Crippen LogP contribution is 2.30. The van der Waals surface area contributed by atoms with Crippen LogP contribution in [0.3, 0.4) is 0 Å². The van der Waals surface area contributed by atoms with Gasteiger partial charge >= 0.3 is 0 Å². The predicted molar refractivity (Wildman–Crippen MR) is 102 cm³/mol. The van der Waals surface area contributed by atoms with E-state index < -0.39 is 6.04 Å². The summed E-state index contributed by atoms with van der Waals surface area (Å²) in [5.74, 6) is -0.216. The quantitative estimate of drug-likeness (QED) is 0.725. The molecule has 0 aliphatic heterocycles. The van der Waals surface area contributed by atoms with Crippen molar-refractivity contribution in [2.45, 2.75) is 32.9 Å². The smallest absolute Gasteiger partial charge is 0.226 e. The second-order valence-electron chi connectivity index (χ2n) is 6.20. The lowest BCUT2D eigenvalue weighted by atomic mass is 10.1. The molecule has 3 rings (SSSR count). The van der Waals surface area contributed by atoms with E-state index in [1.807, 2.05) is 30.3 Å². The molecule has 130 valence electrons. The number of rotatable bonds is 6. The summed E-state index contributed by atoms with van der Waals surface area (Å²) in [5.41, 5.74) is 3.09. The van der Waals surface area contributed by atoms with Gasteiger partial charge in [-0.1, -0.05) is 18.2 Å². The molecule has 0 aliphatic carbocycles. The number of likely N-dealkylation sites (N-methyl/N-ethyl adjacent to an activating group) is 1. The fourth-order valence-corrected chi connectivity index (χ4v) is 3.32. The molecular formula is C20H23N3O2. The first kappa shape index (κ1) is 17.2. The molecule has 5 heteroatoms. The van der Waals surface area contributed by atoms with Crippen LogP contribution in [0.15, 0.2) is 42.5 Å². The zero-order valence-electron chi connectivity index (χ0n) is 14.8. The molecular weight excluding hydrogens is 314 g/mol. The number of aryl methyl sites for hydroxylation is 1. The SMILES string of the molecule is CCn1c2ccccc2c2cc(NC(=O)C[C@H](NC)C(C)=O)ccc21. The van der Waals surface area contributed by atoms with Crippen molar-refractivity contribution in [3.8, 4) is 0 Å². The Hall–Kier alpha value is -2.66. The summed E-state index contributed by atoms with van der Waals surface area (Å²) in [5, 5.41) is 8.07. The number of nitrogens with one attached hydrogen (secondary N) is 2. The van der Waals surface area contributed by atoms with Crippen LogP contribution in [0.1, 0.15) is 20.3 Å². The molecule has 2 aromatic carbocycles. The summed E-state index contributed by atoms with van der Waals surface area (Å²) in [7, 11) is 1.69. The van der Waals surface area contributed by atoms with Crippen molar-refractivity contribution in [3.63, 3.8) is 0 Å². The number of anilines is 1. The van der Waals surface area contributed by atoms with Crippen molar-refractivity contribution in [2.24, 2.45) is 0 Å². The third-order valence-electron chi connectivity index (χ3n) is 4.60. The fraction of sp³-hybridized carbons (Fsp3) is 0.300. The van der Waals surface area contributed by atoms with E-state index in [0.29, 0.717) is 0 Å². The highest BCUT2D eigenvalue weighted by atomic mass is 16.2. The summed E-state index contributed by atoms with van der Waals surface area (Å²) in [6.07, 6.45) is 0.126. The van der Waals surface area contributed by atoms with Crippen LogP contribution < -0.4 is 10.6 Å². The number of amides is 1. The molecule has 1 heterocycles. The van der Waals surface area contributed by atoms with Crippen LogP contribution in [0.5, 0.6) is 0 Å². The number of aromatic nitrogens is 1. The maximum atomic E-state index is 12.2. The van der Waals surface area contributed by atoms with Gasteiger partial charge in [-0.2, -0.15) is 0 Å². The van der Waals surface area contributed by atoms with Gasteiger partial charge in [-0.3, -0.25) is 9.59 Å². The third-order valence-corrected chi connectivity index (χ3v) is 4.60. The van der Waals surface area contributed by atoms with E-state index in [9.17, 15) is 9.59 Å². The molecule has 2 N–H and O–H groups in total. The van der Waals surface area contributed by atoms with E-state index in [1.54, 1.807) is 7.05 Å². The molecule has 0 unspecified atom stereocenters. The van der Waals surface area contributed by atoms with E-state index in [-0.39, 0.29) is 18.1 Å². The Labute approximate surface area is 147 Å². The lowest BCUT2D eigenvalue weighted by molar-refractivity contribution is -0.123. The normalized spacial score (nSPS) is 12.4. The second kappa shape index (κ2) is 7.07. The fourth-order valence-electron chi connectivity index (χ4n) is 3.32. The summed E-state index contributed by atoms with van der Waals surface area (Å²) in [6.45, 7) is 4.50. The van der Waals surface area contributed by atoms with Gasteiger partial charge in [-0.05, 0) is 45.2 Å². The first-order chi connectivity index (χ1) is 12.0. The van der Waals surface area contributed by atoms with Gasteiger partial charge in [0.1, 0.15) is 5.78 Å². The number of carbonyl (C=O) groups is 2. The Morgan fingerprint density at radius 3 is 2.48 bits per heavy atom. The van der Waals surface area contributed by atoms with E-state index in [2.05, 4.69) is 34.3 Å². The van der Waals surface area contributed by atoms with Crippen molar-refractivity contribution in [2.75, 3.05) is 12.4 Å². The number of ketones is 1. The van der Waals surface area contributed by atoms with Crippen LogP contribution in [-0.4, -0.2) is 29.3 Å². The number of fused-ring (bicyclic) bond motifs is 3. The molecule has 1 atom stereocenters. The molecule has 0 spiro atoms. The van der Waals surface area contributed by atoms with Gasteiger partial charge in [-0.25, -0.2) is 0 Å². The number of nitrogens with zero attached hydrogens (tertiary/aromatic N) is 1. The minimum Gasteiger partial charge on any atom is -0.341 e. The zero-order chi connectivity index (χ0) is 18.0. The minimum absolute atomic E-state index is 0.0425. The summed E-state index contributed by atoms with van der Waals surface area (Å²) in [4.78, 5) is 23.7. The van der Waals surface area contributed by atoms with Crippen LogP contribution in [0, 0.1) is 0 Å². The molecule has 0 bridgehead atoms. The Morgan fingerprint density at radius 1 is 1.08 bits per heavy atom. The number of hydrogen-bond donors (Lipinski definition) is 2. The second-order valence-corrected chi connectivity index (χ2v) is 6.20. The molecule has 5 nitrogen and oxygen atoms in total. The Balaban J connectivity index is 1.92. The molecule has 0 aliphatic rings. The molecule has 3 aromatic rings. The monoisotopic (exact) mass is 337 g/mol. The first-order valence-corrected chi connectivity index (χ1v) is 8.53. The molecule has 0 saturated carbocycles. The topological polar surface area (TPSA) is 63.1 Å². The Morgan fingerprint density at radius 2 is 1.80 bits per heavy atom. The number of benzene rings is 2. The largest absolute Gasteiger partial charge is 0.341 e. The Kier molecular flexibility index (Phi) is 4.86. The minimum atomic E-state index is -0.453. The molecule has 25 heavy (non-hydrogen) atoms. The van der Waals surface area contributed by atoms with Crippen LogP contribution in [0.25, 0.3) is 21.8 Å². The predicted octanol–water partition coefficient (Wildman–Crippen LogP) is 3.32. The van der Waals surface area contributed by atoms with Gasteiger partial charge in [0.15, 0.2) is 0 Å². The summed E-state index contributed by atoms with van der Waals surface area (Å²) < 4.78 is 2.27. The summed E-state index contributed by atoms with van der Waals surface area (Å²) >= 11 is 0. The van der Waals surface area contributed by atoms with E-state index in [0.717, 1.165) is 23.1 Å². The van der Waals surface area contributed by atoms with Crippen molar-refractivity contribution >= 4 is 39.2 Å². The number of Topliss-reactive ketones (excluding diaryl/α,β-unsaturated/α-hetero) is 1. The van der Waals surface area contributed by atoms with Gasteiger partial charge in [0.25, 0.3) is 0 Å². The highest BCUT2D eigenvalue weighted by molar-refractivity contribution is 6.10. The molecule has 1 amide bonds. The van der Waals surface area contributed by atoms with Gasteiger partial charge < -0.3 is 15.2 Å². The van der Waals surface area contributed by atoms with Crippen molar-refractivity contribution in [3.05, 3.63) is 42.5 Å². The number of hydrogen-bond acceptors (Lipinski definition) is 3. The average Bonchev–Trinajstić information content (AvgIpc) is 2.92. The van der Waals surface area contributed by atoms with E-state index in [4.69, 9.17) is 0 Å². The maximum Gasteiger partial charge on any atom is 0.226 e. The lowest BCUT2D eigenvalue weighted by Crippen LogP contribution is -2.36. The summed E-state index contributed by atoms with van der Waals surface area (Å²) in [6, 6.07) is 13.8. The van der Waals surface area contributed by atoms with Crippen LogP contribution >= 0.6 is 0 Å². The average molecular weight is 337 g/mol. The van der Waals surface area contributed by atoms with Gasteiger partial charge in [0, 0.05) is 40.5 Å².